The smallest absolute Gasteiger partial charge is 0.160 e. The predicted octanol–water partition coefficient (Wildman–Crippen LogP) is 16.0. The van der Waals surface area contributed by atoms with Gasteiger partial charge in [-0.2, -0.15) is 0 Å². The molecular weight excluding hydrogens is 741 g/mol. The molecule has 12 rings (SSSR count). The van der Waals surface area contributed by atoms with Gasteiger partial charge in [0.2, 0.25) is 0 Å². The number of ether oxygens (including phenoxy) is 2. The lowest BCUT2D eigenvalue weighted by molar-refractivity contribution is 0.0622. The third-order valence-corrected chi connectivity index (χ3v) is 13.3. The van der Waals surface area contributed by atoms with Crippen LogP contribution in [0.3, 0.4) is 0 Å². The summed E-state index contributed by atoms with van der Waals surface area (Å²) in [7, 11) is 0. The van der Waals surface area contributed by atoms with E-state index in [1.807, 2.05) is 12.1 Å². The molecule has 0 saturated carbocycles. The quantitative estimate of drug-likeness (QED) is 0.165. The van der Waals surface area contributed by atoms with E-state index >= 15 is 0 Å². The van der Waals surface area contributed by atoms with Gasteiger partial charge in [0.15, 0.2) is 5.60 Å². The fourth-order valence-electron chi connectivity index (χ4n) is 10.4. The van der Waals surface area contributed by atoms with E-state index in [-0.39, 0.29) is 0 Å². The molecule has 0 aliphatic carbocycles. The largest absolute Gasteiger partial charge is 0.483 e. The van der Waals surface area contributed by atoms with Gasteiger partial charge in [0.05, 0.1) is 0 Å². The van der Waals surface area contributed by atoms with Gasteiger partial charge in [0.25, 0.3) is 0 Å². The molecule has 2 heteroatoms. The SMILES string of the molecule is CC1(C)Oc2ccccc2C(C)(c2ccc3c4ccccc4c4cc5c6ccccc6c6ccccc6c6ccccc6c5cc4c4ccccc4c3c2)Oc2ccccc21. The van der Waals surface area contributed by atoms with Crippen LogP contribution in [0.25, 0.3) is 86.2 Å². The minimum absolute atomic E-state index is 0.598. The summed E-state index contributed by atoms with van der Waals surface area (Å²) in [4.78, 5) is 0. The van der Waals surface area contributed by atoms with Gasteiger partial charge in [-0.05, 0) is 137 Å². The fourth-order valence-corrected chi connectivity index (χ4v) is 10.4. The molecule has 2 nitrogen and oxygen atoms in total. The van der Waals surface area contributed by atoms with E-state index in [1.54, 1.807) is 0 Å². The highest BCUT2D eigenvalue weighted by molar-refractivity contribution is 6.32. The number of benzene rings is 9. The van der Waals surface area contributed by atoms with Gasteiger partial charge < -0.3 is 9.47 Å². The van der Waals surface area contributed by atoms with E-state index < -0.39 is 11.2 Å². The summed E-state index contributed by atoms with van der Waals surface area (Å²) >= 11 is 0. The summed E-state index contributed by atoms with van der Waals surface area (Å²) < 4.78 is 14.2. The highest BCUT2D eigenvalue weighted by Crippen LogP contribution is 2.48. The highest BCUT2D eigenvalue weighted by atomic mass is 16.5. The van der Waals surface area contributed by atoms with Gasteiger partial charge in [-0.3, -0.25) is 0 Å². The van der Waals surface area contributed by atoms with Crippen molar-refractivity contribution in [2.75, 3.05) is 0 Å². The molecule has 1 aliphatic rings. The minimum Gasteiger partial charge on any atom is -0.483 e. The summed E-state index contributed by atoms with van der Waals surface area (Å²) in [5.74, 6) is 1.63. The molecule has 0 fully saturated rings. The van der Waals surface area contributed by atoms with Crippen molar-refractivity contribution in [3.8, 4) is 11.5 Å². The lowest BCUT2D eigenvalue weighted by atomic mass is 9.83. The van der Waals surface area contributed by atoms with Crippen LogP contribution in [-0.4, -0.2) is 0 Å². The topological polar surface area (TPSA) is 18.5 Å². The van der Waals surface area contributed by atoms with E-state index in [9.17, 15) is 0 Å². The van der Waals surface area contributed by atoms with Crippen molar-refractivity contribution in [1.82, 2.24) is 0 Å². The summed E-state index contributed by atoms with van der Waals surface area (Å²) in [5, 5.41) is 19.5. The van der Waals surface area contributed by atoms with Gasteiger partial charge in [0, 0.05) is 16.7 Å². The Kier molecular flexibility index (Phi) is 7.74. The average molecular weight is 783 g/mol. The van der Waals surface area contributed by atoms with E-state index in [0.717, 1.165) is 33.6 Å². The van der Waals surface area contributed by atoms with Gasteiger partial charge in [0.1, 0.15) is 17.1 Å². The Morgan fingerprint density at radius 1 is 0.262 bits per heavy atom. The number of hydrogen-bond acceptors (Lipinski definition) is 2. The highest BCUT2D eigenvalue weighted by Gasteiger charge is 2.40. The Morgan fingerprint density at radius 2 is 0.557 bits per heavy atom. The Hall–Kier alpha value is -7.42. The standard InChI is InChI=1S/C59H42O2/c1-58(2)54-28-14-16-30-56(54)61-59(3,55-29-15-17-31-57(55)60-58)37-32-33-48-42-22-8-11-25-45(42)52-35-50-43-23-9-6-20-40(43)38-18-4-5-19-39(38)41-21-7-10-24-44(41)51(50)36-53(52)47-27-13-12-26-46(47)49(48)34-37/h4-36H,1-3H3. The van der Waals surface area contributed by atoms with Crippen molar-refractivity contribution in [2.24, 2.45) is 0 Å². The van der Waals surface area contributed by atoms with Crippen LogP contribution in [0, 0.1) is 0 Å². The molecular formula is C59H42O2. The third kappa shape index (κ3) is 5.35. The maximum Gasteiger partial charge on any atom is 0.160 e. The summed E-state index contributed by atoms with van der Waals surface area (Å²) in [6.45, 7) is 6.42. The second-order valence-corrected chi connectivity index (χ2v) is 17.2. The van der Waals surface area contributed by atoms with Crippen molar-refractivity contribution >= 4 is 86.2 Å². The Labute approximate surface area is 354 Å². The first kappa shape index (κ1) is 35.5. The van der Waals surface area contributed by atoms with E-state index in [1.165, 1.54) is 80.8 Å². The molecule has 1 unspecified atom stereocenters. The number of rotatable bonds is 1. The first-order valence-electron chi connectivity index (χ1n) is 21.3. The van der Waals surface area contributed by atoms with E-state index in [2.05, 4.69) is 209 Å². The molecule has 0 spiro atoms. The number of hydrogen-bond donors (Lipinski definition) is 0. The Bertz CT molecular complexity index is 3710. The number of para-hydroxylation sites is 2. The zero-order valence-corrected chi connectivity index (χ0v) is 34.4. The third-order valence-electron chi connectivity index (χ3n) is 13.3. The molecule has 61 heavy (non-hydrogen) atoms. The van der Waals surface area contributed by atoms with Crippen molar-refractivity contribution < 1.29 is 9.47 Å². The molecule has 1 heterocycles. The van der Waals surface area contributed by atoms with Crippen LogP contribution in [0.15, 0.2) is 200 Å². The normalized spacial score (nSPS) is 15.9. The molecule has 0 saturated heterocycles. The van der Waals surface area contributed by atoms with Crippen LogP contribution in [0.2, 0.25) is 0 Å². The fraction of sp³-hybridized carbons (Fsp3) is 0.0847. The minimum atomic E-state index is -0.879. The molecule has 0 amide bonds. The zero-order valence-electron chi connectivity index (χ0n) is 34.4. The first-order valence-corrected chi connectivity index (χ1v) is 21.3. The van der Waals surface area contributed by atoms with Crippen LogP contribution in [-0.2, 0) is 11.2 Å². The van der Waals surface area contributed by atoms with E-state index in [0.29, 0.717) is 0 Å². The van der Waals surface area contributed by atoms with Gasteiger partial charge >= 0.3 is 0 Å². The monoisotopic (exact) mass is 782 g/mol. The maximum atomic E-state index is 7.32. The first-order chi connectivity index (χ1) is 29.9. The summed E-state index contributed by atoms with van der Waals surface area (Å²) in [5.41, 5.74) is 1.57. The molecule has 0 aromatic heterocycles. The Balaban J connectivity index is 1.25. The molecule has 0 radical (unpaired) electrons. The van der Waals surface area contributed by atoms with Crippen molar-refractivity contribution in [1.29, 1.82) is 0 Å². The molecule has 0 bridgehead atoms. The molecule has 290 valence electrons. The van der Waals surface area contributed by atoms with Gasteiger partial charge in [-0.15, -0.1) is 0 Å². The van der Waals surface area contributed by atoms with Crippen molar-refractivity contribution in [3.05, 3.63) is 217 Å². The molecule has 1 atom stereocenters. The molecule has 1 aliphatic heterocycles. The lowest BCUT2D eigenvalue weighted by Gasteiger charge is -2.40. The zero-order chi connectivity index (χ0) is 40.9. The maximum absolute atomic E-state index is 7.32. The second kappa shape index (κ2) is 13.3. The van der Waals surface area contributed by atoms with Crippen molar-refractivity contribution in [2.45, 2.75) is 32.0 Å². The molecule has 11 aromatic rings. The summed E-state index contributed by atoms with van der Waals surface area (Å²) in [6, 6.07) is 73.2. The van der Waals surface area contributed by atoms with Crippen LogP contribution in [0.4, 0.5) is 0 Å². The van der Waals surface area contributed by atoms with Crippen LogP contribution >= 0.6 is 0 Å². The Morgan fingerprint density at radius 3 is 0.967 bits per heavy atom. The second-order valence-electron chi connectivity index (χ2n) is 17.2. The van der Waals surface area contributed by atoms with E-state index in [4.69, 9.17) is 9.47 Å². The predicted molar refractivity (Wildman–Crippen MR) is 258 cm³/mol. The summed E-state index contributed by atoms with van der Waals surface area (Å²) in [6.07, 6.45) is 0. The van der Waals surface area contributed by atoms with Crippen LogP contribution in [0.1, 0.15) is 37.5 Å². The van der Waals surface area contributed by atoms with Crippen molar-refractivity contribution in [3.63, 3.8) is 0 Å². The average Bonchev–Trinajstić information content (AvgIpc) is 3.30. The molecule has 0 N–H and O–H groups in total. The molecule has 11 aromatic carbocycles. The lowest BCUT2D eigenvalue weighted by Crippen LogP contribution is -2.37. The van der Waals surface area contributed by atoms with Gasteiger partial charge in [-0.1, -0.05) is 170 Å². The number of fused-ring (bicyclic) bond motifs is 18. The van der Waals surface area contributed by atoms with Gasteiger partial charge in [-0.25, -0.2) is 0 Å². The van der Waals surface area contributed by atoms with Crippen LogP contribution < -0.4 is 9.47 Å². The van der Waals surface area contributed by atoms with Crippen LogP contribution in [0.5, 0.6) is 11.5 Å².